The van der Waals surface area contributed by atoms with Gasteiger partial charge in [0.15, 0.2) is 0 Å². The van der Waals surface area contributed by atoms with E-state index in [0.29, 0.717) is 11.9 Å². The van der Waals surface area contributed by atoms with Crippen LogP contribution in [0.15, 0.2) is 24.4 Å². The first-order valence-electron chi connectivity index (χ1n) is 6.26. The van der Waals surface area contributed by atoms with Gasteiger partial charge in [0.1, 0.15) is 0 Å². The van der Waals surface area contributed by atoms with Crippen molar-refractivity contribution in [2.45, 2.75) is 32.6 Å². The second-order valence-corrected chi connectivity index (χ2v) is 4.58. The van der Waals surface area contributed by atoms with E-state index < -0.39 is 11.7 Å². The summed E-state index contributed by atoms with van der Waals surface area (Å²) in [5.74, 6) is 0. The van der Waals surface area contributed by atoms with Gasteiger partial charge in [0.05, 0.1) is 11.1 Å². The molecule has 19 heavy (non-hydrogen) atoms. The van der Waals surface area contributed by atoms with Crippen molar-refractivity contribution in [2.75, 3.05) is 7.05 Å². The van der Waals surface area contributed by atoms with Crippen molar-refractivity contribution < 1.29 is 13.2 Å². The van der Waals surface area contributed by atoms with Crippen molar-refractivity contribution in [1.29, 1.82) is 0 Å². The van der Waals surface area contributed by atoms with E-state index in [4.69, 9.17) is 0 Å². The molecule has 5 heteroatoms. The van der Waals surface area contributed by atoms with Crippen LogP contribution >= 0.6 is 0 Å². The minimum absolute atomic E-state index is 0.0128. The Morgan fingerprint density at radius 2 is 2.00 bits per heavy atom. The predicted molar refractivity (Wildman–Crippen MR) is 70.1 cm³/mol. The van der Waals surface area contributed by atoms with Crippen LogP contribution in [0.5, 0.6) is 0 Å². The maximum absolute atomic E-state index is 13.1. The summed E-state index contributed by atoms with van der Waals surface area (Å²) in [7, 11) is 1.80. The Hall–Kier alpha value is -1.49. The van der Waals surface area contributed by atoms with E-state index in [-0.39, 0.29) is 11.6 Å². The van der Waals surface area contributed by atoms with Crippen LogP contribution in [-0.4, -0.2) is 11.6 Å². The molecule has 1 aromatic heterocycles. The number of aromatic nitrogens is 1. The highest BCUT2D eigenvalue weighted by Crippen LogP contribution is 2.37. The first-order chi connectivity index (χ1) is 8.90. The maximum atomic E-state index is 13.1. The topological polar surface area (TPSA) is 17.0 Å². The molecule has 0 radical (unpaired) electrons. The van der Waals surface area contributed by atoms with Gasteiger partial charge in [-0.3, -0.25) is 0 Å². The molecule has 0 spiro atoms. The number of alkyl halides is 3. The molecule has 1 heterocycles. The van der Waals surface area contributed by atoms with E-state index in [9.17, 15) is 13.2 Å². The molecule has 1 atom stereocenters. The highest BCUT2D eigenvalue weighted by atomic mass is 19.4. The summed E-state index contributed by atoms with van der Waals surface area (Å²) in [6, 6.07) is 4.37. The van der Waals surface area contributed by atoms with E-state index in [1.165, 1.54) is 6.07 Å². The van der Waals surface area contributed by atoms with E-state index in [0.717, 1.165) is 11.6 Å². The summed E-state index contributed by atoms with van der Waals surface area (Å²) >= 11 is 0. The van der Waals surface area contributed by atoms with Crippen molar-refractivity contribution in [2.24, 2.45) is 0 Å². The molecule has 0 saturated carbocycles. The summed E-state index contributed by atoms with van der Waals surface area (Å²) in [5, 5.41) is 3.74. The summed E-state index contributed by atoms with van der Waals surface area (Å²) in [5.41, 5.74) is 0.599. The Balaban J connectivity index is 2.79. The first-order valence-corrected chi connectivity index (χ1v) is 6.26. The van der Waals surface area contributed by atoms with Gasteiger partial charge in [-0.25, -0.2) is 0 Å². The molecule has 2 rings (SSSR count). The van der Waals surface area contributed by atoms with E-state index in [1.807, 2.05) is 13.8 Å². The Labute approximate surface area is 110 Å². The molecule has 2 aromatic rings. The lowest BCUT2D eigenvalue weighted by atomic mass is 10.0. The van der Waals surface area contributed by atoms with Crippen LogP contribution in [0.2, 0.25) is 0 Å². The first kappa shape index (κ1) is 13.9. The van der Waals surface area contributed by atoms with Gasteiger partial charge < -0.3 is 9.88 Å². The van der Waals surface area contributed by atoms with Crippen molar-refractivity contribution >= 4 is 10.9 Å². The Bertz CT molecular complexity index is 584. The standard InChI is InChI=1S/C14H17F3N2/c1-4-19-8-11(9(2)18-3)10-6-5-7-12(13(10)19)14(15,16)17/h5-9,18H,4H2,1-3H3. The number of para-hydroxylation sites is 1. The summed E-state index contributed by atoms with van der Waals surface area (Å²) in [6.45, 7) is 4.30. The van der Waals surface area contributed by atoms with E-state index in [1.54, 1.807) is 23.9 Å². The normalized spacial score (nSPS) is 14.0. The van der Waals surface area contributed by atoms with Gasteiger partial charge in [0.2, 0.25) is 0 Å². The van der Waals surface area contributed by atoms with Crippen molar-refractivity contribution in [1.82, 2.24) is 9.88 Å². The average molecular weight is 270 g/mol. The Kier molecular flexibility index (Phi) is 3.58. The monoisotopic (exact) mass is 270 g/mol. The van der Waals surface area contributed by atoms with Gasteiger partial charge in [0, 0.05) is 24.2 Å². The van der Waals surface area contributed by atoms with Gasteiger partial charge in [-0.15, -0.1) is 0 Å². The maximum Gasteiger partial charge on any atom is 0.418 e. The van der Waals surface area contributed by atoms with Gasteiger partial charge >= 0.3 is 6.18 Å². The highest BCUT2D eigenvalue weighted by Gasteiger charge is 2.34. The van der Waals surface area contributed by atoms with Gasteiger partial charge in [-0.05, 0) is 32.5 Å². The van der Waals surface area contributed by atoms with Gasteiger partial charge in [-0.1, -0.05) is 12.1 Å². The summed E-state index contributed by atoms with van der Waals surface area (Å²) in [4.78, 5) is 0. The van der Waals surface area contributed by atoms with Crippen LogP contribution in [0.3, 0.4) is 0 Å². The number of halogens is 3. The molecule has 1 unspecified atom stereocenters. The van der Waals surface area contributed by atoms with E-state index in [2.05, 4.69) is 5.32 Å². The van der Waals surface area contributed by atoms with Crippen LogP contribution < -0.4 is 5.32 Å². The lowest BCUT2D eigenvalue weighted by Crippen LogP contribution is -2.11. The minimum Gasteiger partial charge on any atom is -0.347 e. The number of hydrogen-bond donors (Lipinski definition) is 1. The number of fused-ring (bicyclic) bond motifs is 1. The third-order valence-corrected chi connectivity index (χ3v) is 3.47. The quantitative estimate of drug-likeness (QED) is 0.893. The second kappa shape index (κ2) is 4.89. The molecule has 0 saturated heterocycles. The van der Waals surface area contributed by atoms with Crippen LogP contribution in [0, 0.1) is 0 Å². The molecular formula is C14H17F3N2. The molecule has 104 valence electrons. The molecule has 0 aliphatic rings. The summed E-state index contributed by atoms with van der Waals surface area (Å²) < 4.78 is 41.0. The van der Waals surface area contributed by atoms with Gasteiger partial charge in [-0.2, -0.15) is 13.2 Å². The fraction of sp³-hybridized carbons (Fsp3) is 0.429. The van der Waals surface area contributed by atoms with Crippen LogP contribution in [0.25, 0.3) is 10.9 Å². The molecule has 0 aliphatic carbocycles. The van der Waals surface area contributed by atoms with E-state index >= 15 is 0 Å². The predicted octanol–water partition coefficient (Wildman–Crippen LogP) is 3.96. The molecule has 0 bridgehead atoms. The van der Waals surface area contributed by atoms with Crippen molar-refractivity contribution in [3.8, 4) is 0 Å². The smallest absolute Gasteiger partial charge is 0.347 e. The number of hydrogen-bond acceptors (Lipinski definition) is 1. The molecule has 1 aromatic carbocycles. The largest absolute Gasteiger partial charge is 0.418 e. The third-order valence-electron chi connectivity index (χ3n) is 3.47. The number of rotatable bonds is 3. The number of nitrogens with zero attached hydrogens (tertiary/aromatic N) is 1. The zero-order valence-corrected chi connectivity index (χ0v) is 11.2. The Morgan fingerprint density at radius 1 is 1.32 bits per heavy atom. The number of benzene rings is 1. The van der Waals surface area contributed by atoms with Gasteiger partial charge in [0.25, 0.3) is 0 Å². The second-order valence-electron chi connectivity index (χ2n) is 4.58. The SMILES string of the molecule is CCn1cc(C(C)NC)c2cccc(C(F)(F)F)c21. The fourth-order valence-corrected chi connectivity index (χ4v) is 2.37. The number of aryl methyl sites for hydroxylation is 1. The number of nitrogens with one attached hydrogen (secondary N) is 1. The molecule has 1 N–H and O–H groups in total. The minimum atomic E-state index is -4.33. The molecule has 0 aliphatic heterocycles. The Morgan fingerprint density at radius 3 is 2.53 bits per heavy atom. The lowest BCUT2D eigenvalue weighted by Gasteiger charge is -2.11. The zero-order chi connectivity index (χ0) is 14.2. The molecule has 2 nitrogen and oxygen atoms in total. The highest BCUT2D eigenvalue weighted by molar-refractivity contribution is 5.87. The van der Waals surface area contributed by atoms with Crippen molar-refractivity contribution in [3.05, 3.63) is 35.5 Å². The van der Waals surface area contributed by atoms with Crippen LogP contribution in [0.4, 0.5) is 13.2 Å². The molecular weight excluding hydrogens is 253 g/mol. The molecule has 0 fully saturated rings. The van der Waals surface area contributed by atoms with Crippen LogP contribution in [-0.2, 0) is 12.7 Å². The van der Waals surface area contributed by atoms with Crippen LogP contribution in [0.1, 0.15) is 31.0 Å². The third kappa shape index (κ3) is 2.34. The fourth-order valence-electron chi connectivity index (χ4n) is 2.37. The molecule has 0 amide bonds. The van der Waals surface area contributed by atoms with Crippen molar-refractivity contribution in [3.63, 3.8) is 0 Å². The lowest BCUT2D eigenvalue weighted by molar-refractivity contribution is -0.136. The average Bonchev–Trinajstić information content (AvgIpc) is 2.75. The summed E-state index contributed by atoms with van der Waals surface area (Å²) in [6.07, 6.45) is -2.52. The zero-order valence-electron chi connectivity index (χ0n) is 11.2.